The van der Waals surface area contributed by atoms with Crippen molar-refractivity contribution in [1.82, 2.24) is 0 Å². The number of rotatable bonds is 2. The Morgan fingerprint density at radius 2 is 1.89 bits per heavy atom. The highest BCUT2D eigenvalue weighted by atomic mass is 32.2. The lowest BCUT2D eigenvalue weighted by Crippen LogP contribution is -2.05. The summed E-state index contributed by atoms with van der Waals surface area (Å²) in [7, 11) is -4.40. The van der Waals surface area contributed by atoms with Crippen LogP contribution in [-0.2, 0) is 10.1 Å². The molecule has 0 aliphatic rings. The molecule has 0 radical (unpaired) electrons. The van der Waals surface area contributed by atoms with Crippen molar-refractivity contribution >= 4 is 32.4 Å². The lowest BCUT2D eigenvalue weighted by Gasteiger charge is -2.09. The molecule has 0 saturated heterocycles. The Morgan fingerprint density at radius 3 is 2.44 bits per heavy atom. The Kier molecular flexibility index (Phi) is 2.84. The van der Waals surface area contributed by atoms with E-state index in [1.54, 1.807) is 18.2 Å². The van der Waals surface area contributed by atoms with Crippen molar-refractivity contribution in [3.63, 3.8) is 0 Å². The number of hydrogen-bond donors (Lipinski definition) is 2. The van der Waals surface area contributed by atoms with Crippen molar-refractivity contribution in [2.24, 2.45) is 0 Å². The number of nitrogens with two attached hydrogens (primary N) is 1. The molecule has 0 unspecified atom stereocenters. The molecular formula is C12H11NO4S. The molecule has 0 aliphatic heterocycles. The summed E-state index contributed by atoms with van der Waals surface area (Å²) in [5.41, 5.74) is 5.97. The SMILES string of the molecule is CC(=O)c1cccc2ccc(S(=O)(=O)O)c(N)c12. The molecular weight excluding hydrogens is 254 g/mol. The second kappa shape index (κ2) is 4.08. The molecule has 0 saturated carbocycles. The number of hydrogen-bond acceptors (Lipinski definition) is 4. The summed E-state index contributed by atoms with van der Waals surface area (Å²) in [6.07, 6.45) is 0. The summed E-state index contributed by atoms with van der Waals surface area (Å²) < 4.78 is 31.4. The summed E-state index contributed by atoms with van der Waals surface area (Å²) in [6.45, 7) is 1.37. The summed E-state index contributed by atoms with van der Waals surface area (Å²) in [5, 5.41) is 0.993. The maximum Gasteiger partial charge on any atom is 0.296 e. The van der Waals surface area contributed by atoms with Crippen LogP contribution in [0.25, 0.3) is 10.8 Å². The average molecular weight is 265 g/mol. The number of carbonyl (C=O) groups excluding carboxylic acids is 1. The van der Waals surface area contributed by atoms with Gasteiger partial charge < -0.3 is 5.73 Å². The molecule has 18 heavy (non-hydrogen) atoms. The lowest BCUT2D eigenvalue weighted by molar-refractivity contribution is 0.101. The highest BCUT2D eigenvalue weighted by Gasteiger charge is 2.18. The zero-order chi connectivity index (χ0) is 13.5. The van der Waals surface area contributed by atoms with Crippen molar-refractivity contribution in [3.8, 4) is 0 Å². The molecule has 2 rings (SSSR count). The van der Waals surface area contributed by atoms with Crippen LogP contribution < -0.4 is 5.73 Å². The van der Waals surface area contributed by atoms with E-state index in [1.165, 1.54) is 19.1 Å². The van der Waals surface area contributed by atoms with Crippen molar-refractivity contribution in [2.75, 3.05) is 5.73 Å². The van der Waals surface area contributed by atoms with Crippen LogP contribution in [0, 0.1) is 0 Å². The van der Waals surface area contributed by atoms with Crippen LogP contribution in [0.3, 0.4) is 0 Å². The van der Waals surface area contributed by atoms with Gasteiger partial charge in [-0.05, 0) is 18.4 Å². The first-order valence-corrected chi connectivity index (χ1v) is 6.56. The minimum atomic E-state index is -4.40. The normalized spacial score (nSPS) is 11.7. The van der Waals surface area contributed by atoms with E-state index >= 15 is 0 Å². The first kappa shape index (κ1) is 12.5. The molecule has 5 nitrogen and oxygen atoms in total. The number of nitrogen functional groups attached to an aromatic ring is 1. The molecule has 0 spiro atoms. The van der Waals surface area contributed by atoms with Gasteiger partial charge in [0.15, 0.2) is 5.78 Å². The van der Waals surface area contributed by atoms with Crippen LogP contribution in [0.2, 0.25) is 0 Å². The van der Waals surface area contributed by atoms with Gasteiger partial charge in [-0.3, -0.25) is 9.35 Å². The monoisotopic (exact) mass is 265 g/mol. The van der Waals surface area contributed by atoms with Gasteiger partial charge in [-0.1, -0.05) is 24.3 Å². The fraction of sp³-hybridized carbons (Fsp3) is 0.0833. The maximum atomic E-state index is 11.5. The van der Waals surface area contributed by atoms with Crippen molar-refractivity contribution in [1.29, 1.82) is 0 Å². The Balaban J connectivity index is 2.97. The fourth-order valence-corrected chi connectivity index (χ4v) is 2.53. The van der Waals surface area contributed by atoms with Crippen LogP contribution in [0.1, 0.15) is 17.3 Å². The van der Waals surface area contributed by atoms with E-state index in [0.29, 0.717) is 16.3 Å². The van der Waals surface area contributed by atoms with Crippen molar-refractivity contribution < 1.29 is 17.8 Å². The number of carbonyl (C=O) groups is 1. The first-order valence-electron chi connectivity index (χ1n) is 5.12. The van der Waals surface area contributed by atoms with Crippen molar-refractivity contribution in [2.45, 2.75) is 11.8 Å². The van der Waals surface area contributed by atoms with Crippen LogP contribution in [0.15, 0.2) is 35.2 Å². The third-order valence-corrected chi connectivity index (χ3v) is 3.61. The summed E-state index contributed by atoms with van der Waals surface area (Å²) in [4.78, 5) is 11.1. The largest absolute Gasteiger partial charge is 0.397 e. The van der Waals surface area contributed by atoms with Gasteiger partial charge in [-0.25, -0.2) is 0 Å². The molecule has 2 aromatic rings. The summed E-state index contributed by atoms with van der Waals surface area (Å²) in [6, 6.07) is 7.69. The van der Waals surface area contributed by atoms with Crippen LogP contribution >= 0.6 is 0 Å². The van der Waals surface area contributed by atoms with Gasteiger partial charge in [0.1, 0.15) is 4.90 Å². The van der Waals surface area contributed by atoms with Gasteiger partial charge in [-0.2, -0.15) is 8.42 Å². The molecule has 0 aliphatic carbocycles. The molecule has 6 heteroatoms. The van der Waals surface area contributed by atoms with E-state index in [2.05, 4.69) is 0 Å². The van der Waals surface area contributed by atoms with Gasteiger partial charge in [0.05, 0.1) is 5.69 Å². The van der Waals surface area contributed by atoms with Crippen LogP contribution in [-0.4, -0.2) is 18.8 Å². The molecule has 0 atom stereocenters. The Bertz CT molecular complexity index is 750. The van der Waals surface area contributed by atoms with Gasteiger partial charge in [0.25, 0.3) is 10.1 Å². The zero-order valence-corrected chi connectivity index (χ0v) is 10.4. The van der Waals surface area contributed by atoms with E-state index in [1.807, 2.05) is 0 Å². The smallest absolute Gasteiger partial charge is 0.296 e. The molecule has 0 fully saturated rings. The fourth-order valence-electron chi connectivity index (χ4n) is 1.91. The molecule has 0 aromatic heterocycles. The minimum Gasteiger partial charge on any atom is -0.397 e. The van der Waals surface area contributed by atoms with Gasteiger partial charge >= 0.3 is 0 Å². The predicted molar refractivity (Wildman–Crippen MR) is 68.2 cm³/mol. The summed E-state index contributed by atoms with van der Waals surface area (Å²) >= 11 is 0. The summed E-state index contributed by atoms with van der Waals surface area (Å²) in [5.74, 6) is -0.222. The molecule has 0 amide bonds. The standard InChI is InChI=1S/C12H11NO4S/c1-7(14)9-4-2-3-8-5-6-10(18(15,16)17)12(13)11(8)9/h2-6H,13H2,1H3,(H,15,16,17). The highest BCUT2D eigenvalue weighted by molar-refractivity contribution is 7.86. The van der Waals surface area contributed by atoms with Crippen LogP contribution in [0.4, 0.5) is 5.69 Å². The van der Waals surface area contributed by atoms with Crippen molar-refractivity contribution in [3.05, 3.63) is 35.9 Å². The molecule has 0 bridgehead atoms. The predicted octanol–water partition coefficient (Wildman–Crippen LogP) is 1.87. The molecule has 94 valence electrons. The molecule has 0 heterocycles. The Labute approximate surface area is 104 Å². The third-order valence-electron chi connectivity index (χ3n) is 2.70. The minimum absolute atomic E-state index is 0.110. The van der Waals surface area contributed by atoms with E-state index in [0.717, 1.165) is 0 Å². The van der Waals surface area contributed by atoms with E-state index in [-0.39, 0.29) is 16.4 Å². The number of fused-ring (bicyclic) bond motifs is 1. The Hall–Kier alpha value is -1.92. The van der Waals surface area contributed by atoms with Crippen LogP contribution in [0.5, 0.6) is 0 Å². The zero-order valence-electron chi connectivity index (χ0n) is 9.54. The molecule has 3 N–H and O–H groups in total. The molecule has 2 aromatic carbocycles. The Morgan fingerprint density at radius 1 is 1.22 bits per heavy atom. The van der Waals surface area contributed by atoms with Gasteiger partial charge in [0, 0.05) is 10.9 Å². The van der Waals surface area contributed by atoms with E-state index in [4.69, 9.17) is 10.3 Å². The third kappa shape index (κ3) is 1.96. The number of ketones is 1. The van der Waals surface area contributed by atoms with Gasteiger partial charge in [-0.15, -0.1) is 0 Å². The number of anilines is 1. The number of benzene rings is 2. The highest BCUT2D eigenvalue weighted by Crippen LogP contribution is 2.30. The van der Waals surface area contributed by atoms with Gasteiger partial charge in [0.2, 0.25) is 0 Å². The lowest BCUT2D eigenvalue weighted by atomic mass is 10.0. The maximum absolute atomic E-state index is 11.5. The second-order valence-electron chi connectivity index (χ2n) is 3.91. The topological polar surface area (TPSA) is 97.5 Å². The second-order valence-corrected chi connectivity index (χ2v) is 5.30. The first-order chi connectivity index (χ1) is 8.32. The quantitative estimate of drug-likeness (QED) is 0.490. The van der Waals surface area contributed by atoms with E-state index < -0.39 is 10.1 Å². The average Bonchev–Trinajstić information content (AvgIpc) is 2.26. The number of Topliss-reactive ketones (excluding diaryl/α,β-unsaturated/α-hetero) is 1. The van der Waals surface area contributed by atoms with E-state index in [9.17, 15) is 13.2 Å².